The van der Waals surface area contributed by atoms with Crippen LogP contribution >= 0.6 is 0 Å². The molecule has 2 rings (SSSR count). The molecule has 2 aromatic rings. The van der Waals surface area contributed by atoms with Crippen molar-refractivity contribution in [3.05, 3.63) is 77.9 Å². The summed E-state index contributed by atoms with van der Waals surface area (Å²) in [5.74, 6) is -0.974. The van der Waals surface area contributed by atoms with Crippen molar-refractivity contribution in [3.63, 3.8) is 0 Å². The summed E-state index contributed by atoms with van der Waals surface area (Å²) >= 11 is 0. The monoisotopic (exact) mass is 297 g/mol. The van der Waals surface area contributed by atoms with Crippen LogP contribution < -0.4 is 5.32 Å². The molecular formula is C18H19NO3. The maximum Gasteiger partial charge on any atom is 0.325 e. The van der Waals surface area contributed by atoms with Gasteiger partial charge in [0.25, 0.3) is 0 Å². The van der Waals surface area contributed by atoms with E-state index in [0.29, 0.717) is 5.56 Å². The molecule has 2 atom stereocenters. The molecule has 2 unspecified atom stereocenters. The van der Waals surface area contributed by atoms with Gasteiger partial charge in [0.2, 0.25) is 0 Å². The van der Waals surface area contributed by atoms with Crippen LogP contribution in [0.2, 0.25) is 0 Å². The summed E-state index contributed by atoms with van der Waals surface area (Å²) in [7, 11) is 0. The summed E-state index contributed by atoms with van der Waals surface area (Å²) in [6, 6.07) is 17.3. The average molecular weight is 297 g/mol. The van der Waals surface area contributed by atoms with Crippen LogP contribution in [0.4, 0.5) is 0 Å². The zero-order valence-corrected chi connectivity index (χ0v) is 12.1. The topological polar surface area (TPSA) is 69.6 Å². The summed E-state index contributed by atoms with van der Waals surface area (Å²) in [4.78, 5) is 11.5. The molecule has 0 aliphatic heterocycles. The van der Waals surface area contributed by atoms with E-state index in [-0.39, 0.29) is 6.61 Å². The Morgan fingerprint density at radius 2 is 1.64 bits per heavy atom. The number of rotatable bonds is 7. The Morgan fingerprint density at radius 1 is 1.05 bits per heavy atom. The van der Waals surface area contributed by atoms with Crippen LogP contribution in [-0.2, 0) is 4.79 Å². The molecule has 3 N–H and O–H groups in total. The van der Waals surface area contributed by atoms with E-state index in [1.54, 1.807) is 30.3 Å². The van der Waals surface area contributed by atoms with E-state index >= 15 is 0 Å². The molecule has 0 radical (unpaired) electrons. The van der Waals surface area contributed by atoms with Gasteiger partial charge in [0.1, 0.15) is 6.04 Å². The minimum atomic E-state index is -0.974. The second-order valence-electron chi connectivity index (χ2n) is 4.91. The molecule has 0 heterocycles. The first-order valence-electron chi connectivity index (χ1n) is 7.08. The quantitative estimate of drug-likeness (QED) is 0.734. The molecule has 0 saturated heterocycles. The zero-order valence-electron chi connectivity index (χ0n) is 12.1. The van der Waals surface area contributed by atoms with Gasteiger partial charge in [0.15, 0.2) is 0 Å². The van der Waals surface area contributed by atoms with E-state index in [1.807, 2.05) is 42.5 Å². The highest BCUT2D eigenvalue weighted by Gasteiger charge is 2.21. The second kappa shape index (κ2) is 8.12. The summed E-state index contributed by atoms with van der Waals surface area (Å²) in [5.41, 5.74) is 1.65. The number of aliphatic hydroxyl groups is 1. The molecule has 4 heteroatoms. The van der Waals surface area contributed by atoms with Gasteiger partial charge in [-0.15, -0.1) is 0 Å². The number of carboxylic acids is 1. The normalized spacial score (nSPS) is 13.9. The first kappa shape index (κ1) is 15.9. The lowest BCUT2D eigenvalue weighted by atomic mass is 10.1. The van der Waals surface area contributed by atoms with Gasteiger partial charge >= 0.3 is 5.97 Å². The number of benzene rings is 2. The van der Waals surface area contributed by atoms with Crippen LogP contribution in [0.5, 0.6) is 0 Å². The van der Waals surface area contributed by atoms with Gasteiger partial charge in [0.05, 0.1) is 6.61 Å². The van der Waals surface area contributed by atoms with Crippen LogP contribution in [0, 0.1) is 0 Å². The third-order valence-electron chi connectivity index (χ3n) is 3.28. The van der Waals surface area contributed by atoms with Crippen molar-refractivity contribution < 1.29 is 15.0 Å². The summed E-state index contributed by atoms with van der Waals surface area (Å²) in [6.45, 7) is -0.181. The number of aliphatic carboxylic acids is 1. The van der Waals surface area contributed by atoms with Crippen molar-refractivity contribution >= 4 is 12.0 Å². The van der Waals surface area contributed by atoms with Crippen LogP contribution in [0.15, 0.2) is 66.7 Å². The SMILES string of the molecule is O=C(O)C(NC(C=Cc1ccccc1)CO)c1ccccc1. The molecule has 0 aromatic heterocycles. The van der Waals surface area contributed by atoms with Crippen molar-refractivity contribution in [2.45, 2.75) is 12.1 Å². The van der Waals surface area contributed by atoms with Crippen LogP contribution in [0.1, 0.15) is 17.2 Å². The molecule has 0 amide bonds. The number of hydrogen-bond donors (Lipinski definition) is 3. The molecule has 4 nitrogen and oxygen atoms in total. The molecule has 0 spiro atoms. The van der Waals surface area contributed by atoms with Gasteiger partial charge < -0.3 is 10.2 Å². The van der Waals surface area contributed by atoms with Gasteiger partial charge in [0, 0.05) is 6.04 Å². The van der Waals surface area contributed by atoms with Crippen molar-refractivity contribution in [2.24, 2.45) is 0 Å². The van der Waals surface area contributed by atoms with E-state index in [1.165, 1.54) is 0 Å². The molecule has 0 aliphatic rings. The van der Waals surface area contributed by atoms with E-state index < -0.39 is 18.1 Å². The molecule has 0 fully saturated rings. The van der Waals surface area contributed by atoms with Crippen molar-refractivity contribution in [1.82, 2.24) is 5.32 Å². The maximum atomic E-state index is 11.5. The first-order chi connectivity index (χ1) is 10.7. The molecule has 0 bridgehead atoms. The number of carbonyl (C=O) groups is 1. The number of hydrogen-bond acceptors (Lipinski definition) is 3. The number of carboxylic acid groups (broad SMARTS) is 1. The van der Waals surface area contributed by atoms with Crippen molar-refractivity contribution in [1.29, 1.82) is 0 Å². The van der Waals surface area contributed by atoms with Gasteiger partial charge in [-0.1, -0.05) is 72.8 Å². The zero-order chi connectivity index (χ0) is 15.8. The van der Waals surface area contributed by atoms with Gasteiger partial charge in [-0.3, -0.25) is 10.1 Å². The predicted molar refractivity (Wildman–Crippen MR) is 86.3 cm³/mol. The third-order valence-corrected chi connectivity index (χ3v) is 3.28. The predicted octanol–water partition coefficient (Wildman–Crippen LogP) is 2.48. The van der Waals surface area contributed by atoms with Crippen LogP contribution in [0.25, 0.3) is 6.08 Å². The Morgan fingerprint density at radius 3 is 2.18 bits per heavy atom. The van der Waals surface area contributed by atoms with Gasteiger partial charge in [-0.05, 0) is 11.1 Å². The molecule has 114 valence electrons. The number of nitrogens with one attached hydrogen (secondary N) is 1. The second-order valence-corrected chi connectivity index (χ2v) is 4.91. The van der Waals surface area contributed by atoms with E-state index in [2.05, 4.69) is 5.32 Å². The van der Waals surface area contributed by atoms with E-state index in [4.69, 9.17) is 0 Å². The van der Waals surface area contributed by atoms with Crippen LogP contribution in [-0.4, -0.2) is 28.8 Å². The molecule has 2 aromatic carbocycles. The van der Waals surface area contributed by atoms with Crippen molar-refractivity contribution in [2.75, 3.05) is 6.61 Å². The highest BCUT2D eigenvalue weighted by atomic mass is 16.4. The summed E-state index contributed by atoms with van der Waals surface area (Å²) in [6.07, 6.45) is 3.63. The molecule has 0 aliphatic carbocycles. The summed E-state index contributed by atoms with van der Waals surface area (Å²) < 4.78 is 0. The standard InChI is InChI=1S/C18H19NO3/c20-13-16(12-11-14-7-3-1-4-8-14)19-17(18(21)22)15-9-5-2-6-10-15/h1-12,16-17,19-20H,13H2,(H,21,22). The van der Waals surface area contributed by atoms with Crippen LogP contribution in [0.3, 0.4) is 0 Å². The minimum Gasteiger partial charge on any atom is -0.480 e. The highest BCUT2D eigenvalue weighted by Crippen LogP contribution is 2.14. The largest absolute Gasteiger partial charge is 0.480 e. The average Bonchev–Trinajstić information content (AvgIpc) is 2.56. The molecule has 0 saturated carbocycles. The third kappa shape index (κ3) is 4.55. The highest BCUT2D eigenvalue weighted by molar-refractivity contribution is 5.75. The minimum absolute atomic E-state index is 0.181. The van der Waals surface area contributed by atoms with Crippen molar-refractivity contribution in [3.8, 4) is 0 Å². The Bertz CT molecular complexity index is 611. The molecule has 22 heavy (non-hydrogen) atoms. The lowest BCUT2D eigenvalue weighted by molar-refractivity contribution is -0.139. The lowest BCUT2D eigenvalue weighted by Crippen LogP contribution is -2.38. The van der Waals surface area contributed by atoms with Gasteiger partial charge in [-0.25, -0.2) is 0 Å². The fourth-order valence-electron chi connectivity index (χ4n) is 2.13. The fourth-order valence-corrected chi connectivity index (χ4v) is 2.13. The number of aliphatic hydroxyl groups excluding tert-OH is 1. The smallest absolute Gasteiger partial charge is 0.325 e. The Hall–Kier alpha value is -2.43. The Labute approximate surface area is 129 Å². The Kier molecular flexibility index (Phi) is 5.89. The Balaban J connectivity index is 2.10. The molecular weight excluding hydrogens is 278 g/mol. The lowest BCUT2D eigenvalue weighted by Gasteiger charge is -2.19. The van der Waals surface area contributed by atoms with E-state index in [9.17, 15) is 15.0 Å². The van der Waals surface area contributed by atoms with E-state index in [0.717, 1.165) is 5.56 Å². The first-order valence-corrected chi connectivity index (χ1v) is 7.08. The summed E-state index contributed by atoms with van der Waals surface area (Å²) in [5, 5.41) is 21.8. The maximum absolute atomic E-state index is 11.5. The fraction of sp³-hybridized carbons (Fsp3) is 0.167. The van der Waals surface area contributed by atoms with Gasteiger partial charge in [-0.2, -0.15) is 0 Å².